The fourth-order valence-electron chi connectivity index (χ4n) is 5.49. The Hall–Kier alpha value is -3.33. The van der Waals surface area contributed by atoms with Crippen molar-refractivity contribution in [3.63, 3.8) is 0 Å². The predicted octanol–water partition coefficient (Wildman–Crippen LogP) is 4.26. The molecule has 2 N–H and O–H groups in total. The van der Waals surface area contributed by atoms with E-state index in [2.05, 4.69) is 25.2 Å². The number of ether oxygens (including phenoxy) is 1. The number of aromatic nitrogens is 3. The Kier molecular flexibility index (Phi) is 5.51. The highest BCUT2D eigenvalue weighted by atomic mass is 19.1. The van der Waals surface area contributed by atoms with Gasteiger partial charge in [0.25, 0.3) is 0 Å². The normalized spacial score (nSPS) is 25.5. The number of alkyl halides is 1. The highest BCUT2D eigenvalue weighted by Crippen LogP contribution is 2.40. The van der Waals surface area contributed by atoms with Crippen LogP contribution in [0.4, 0.5) is 14.6 Å². The molecule has 9 heteroatoms. The van der Waals surface area contributed by atoms with Gasteiger partial charge in [0.2, 0.25) is 11.8 Å². The Balaban J connectivity index is 1.26. The summed E-state index contributed by atoms with van der Waals surface area (Å²) in [6, 6.07) is 8.34. The number of pyridine rings is 1. The molecule has 3 fully saturated rings. The minimum atomic E-state index is -0.927. The van der Waals surface area contributed by atoms with Crippen LogP contribution in [0.15, 0.2) is 42.7 Å². The van der Waals surface area contributed by atoms with Crippen LogP contribution >= 0.6 is 0 Å². The standard InChI is InChI=1S/C26H27F2N5O2/c1-35-25-10-15(9-23(27)32-25)14-2-6-18(22(34)8-14)20-12-30-24(13-29-20)33(17-4-5-17)21-11-16-3-7-19(31-16)26(21)28/h2,6,8-10,12-13,16-17,19,21,26,31,34H,3-5,7,11H2,1H3/t16?,19?,21-,26+/m1/s1. The Bertz CT molecular complexity index is 1240. The van der Waals surface area contributed by atoms with Crippen molar-refractivity contribution in [1.82, 2.24) is 20.3 Å². The summed E-state index contributed by atoms with van der Waals surface area (Å²) in [5, 5.41) is 14.1. The highest BCUT2D eigenvalue weighted by molar-refractivity contribution is 5.74. The molecule has 1 aromatic carbocycles. The van der Waals surface area contributed by atoms with Gasteiger partial charge in [-0.05, 0) is 55.4 Å². The van der Waals surface area contributed by atoms with E-state index in [1.807, 2.05) is 0 Å². The van der Waals surface area contributed by atoms with Gasteiger partial charge in [0.05, 0.1) is 31.2 Å². The third-order valence-electron chi connectivity index (χ3n) is 7.34. The fraction of sp³-hybridized carbons (Fsp3) is 0.423. The minimum Gasteiger partial charge on any atom is -0.507 e. The predicted molar refractivity (Wildman–Crippen MR) is 128 cm³/mol. The van der Waals surface area contributed by atoms with E-state index in [1.54, 1.807) is 36.7 Å². The molecule has 2 unspecified atom stereocenters. The molecule has 2 aromatic heterocycles. The number of benzene rings is 1. The lowest BCUT2D eigenvalue weighted by molar-refractivity contribution is 0.171. The first kappa shape index (κ1) is 22.2. The maximum atomic E-state index is 15.3. The monoisotopic (exact) mass is 479 g/mol. The van der Waals surface area contributed by atoms with Crippen LogP contribution in [0.5, 0.6) is 11.6 Å². The Morgan fingerprint density at radius 3 is 2.63 bits per heavy atom. The number of hydrogen-bond donors (Lipinski definition) is 2. The second-order valence-corrected chi connectivity index (χ2v) is 9.65. The summed E-state index contributed by atoms with van der Waals surface area (Å²) in [6.07, 6.45) is 7.15. The van der Waals surface area contributed by atoms with Crippen molar-refractivity contribution in [3.05, 3.63) is 48.7 Å². The number of nitrogens with one attached hydrogen (secondary N) is 1. The molecule has 2 saturated heterocycles. The first-order chi connectivity index (χ1) is 17.0. The van der Waals surface area contributed by atoms with Gasteiger partial charge in [-0.3, -0.25) is 4.98 Å². The molecule has 7 nitrogen and oxygen atoms in total. The van der Waals surface area contributed by atoms with E-state index in [1.165, 1.54) is 13.2 Å². The largest absolute Gasteiger partial charge is 0.507 e. The molecule has 0 spiro atoms. The summed E-state index contributed by atoms with van der Waals surface area (Å²) in [5.74, 6) is 0.170. The number of hydrogen-bond acceptors (Lipinski definition) is 7. The SMILES string of the molecule is COc1cc(-c2ccc(-c3cnc(N(C4CC4)[C@@H]4CC5CCC(N5)[C@@H]4F)cn3)c(O)c2)cc(F)n1. The average molecular weight is 480 g/mol. The van der Waals surface area contributed by atoms with Gasteiger partial charge in [-0.25, -0.2) is 9.37 Å². The van der Waals surface area contributed by atoms with Crippen LogP contribution < -0.4 is 15.0 Å². The van der Waals surface area contributed by atoms with Crippen molar-refractivity contribution in [2.75, 3.05) is 12.0 Å². The third-order valence-corrected chi connectivity index (χ3v) is 7.34. The lowest BCUT2D eigenvalue weighted by atomic mass is 9.96. The van der Waals surface area contributed by atoms with E-state index in [9.17, 15) is 9.50 Å². The van der Waals surface area contributed by atoms with E-state index in [4.69, 9.17) is 4.74 Å². The van der Waals surface area contributed by atoms with Crippen molar-refractivity contribution in [2.45, 2.75) is 62.4 Å². The zero-order chi connectivity index (χ0) is 24.1. The Morgan fingerprint density at radius 1 is 1.06 bits per heavy atom. The number of methoxy groups -OCH3 is 1. The number of aromatic hydroxyl groups is 1. The first-order valence-corrected chi connectivity index (χ1v) is 12.1. The molecule has 182 valence electrons. The lowest BCUT2D eigenvalue weighted by Gasteiger charge is -2.41. The summed E-state index contributed by atoms with van der Waals surface area (Å²) in [7, 11) is 1.42. The molecule has 2 bridgehead atoms. The number of piperidine rings is 1. The van der Waals surface area contributed by atoms with E-state index in [0.717, 1.165) is 32.1 Å². The topological polar surface area (TPSA) is 83.4 Å². The number of anilines is 1. The molecule has 0 radical (unpaired) electrons. The third kappa shape index (κ3) is 4.18. The van der Waals surface area contributed by atoms with Gasteiger partial charge in [-0.15, -0.1) is 0 Å². The molecule has 6 rings (SSSR count). The number of phenolic OH excluding ortho intramolecular Hbond substituents is 1. The van der Waals surface area contributed by atoms with Crippen LogP contribution in [0.1, 0.15) is 32.1 Å². The minimum absolute atomic E-state index is 0.00135. The summed E-state index contributed by atoms with van der Waals surface area (Å²) < 4.78 is 34.1. The number of phenols is 1. The van der Waals surface area contributed by atoms with Crippen LogP contribution in [-0.2, 0) is 0 Å². The lowest BCUT2D eigenvalue weighted by Crippen LogP contribution is -2.57. The molecular formula is C26H27F2N5O2. The summed E-state index contributed by atoms with van der Waals surface area (Å²) in [6.45, 7) is 0. The van der Waals surface area contributed by atoms with E-state index in [-0.39, 0.29) is 23.7 Å². The van der Waals surface area contributed by atoms with Crippen molar-refractivity contribution in [1.29, 1.82) is 0 Å². The molecule has 1 aliphatic carbocycles. The Morgan fingerprint density at radius 2 is 1.91 bits per heavy atom. The molecule has 1 saturated carbocycles. The van der Waals surface area contributed by atoms with Gasteiger partial charge >= 0.3 is 0 Å². The van der Waals surface area contributed by atoms with Crippen molar-refractivity contribution < 1.29 is 18.6 Å². The van der Waals surface area contributed by atoms with Gasteiger partial charge in [0.15, 0.2) is 0 Å². The van der Waals surface area contributed by atoms with E-state index < -0.39 is 12.1 Å². The summed E-state index contributed by atoms with van der Waals surface area (Å²) in [4.78, 5) is 15.0. The number of halogens is 2. The molecule has 3 aromatic rings. The van der Waals surface area contributed by atoms with Gasteiger partial charge in [-0.1, -0.05) is 6.07 Å². The molecule has 0 amide bonds. The van der Waals surface area contributed by atoms with Gasteiger partial charge in [-0.2, -0.15) is 9.37 Å². The molecule has 4 atom stereocenters. The van der Waals surface area contributed by atoms with Crippen LogP contribution in [0.2, 0.25) is 0 Å². The van der Waals surface area contributed by atoms with Crippen molar-refractivity contribution >= 4 is 5.82 Å². The average Bonchev–Trinajstić information content (AvgIpc) is 3.62. The summed E-state index contributed by atoms with van der Waals surface area (Å²) in [5.41, 5.74) is 2.17. The maximum absolute atomic E-state index is 15.3. The first-order valence-electron chi connectivity index (χ1n) is 12.1. The quantitative estimate of drug-likeness (QED) is 0.511. The van der Waals surface area contributed by atoms with E-state index >= 15 is 4.39 Å². The van der Waals surface area contributed by atoms with Crippen LogP contribution in [0.3, 0.4) is 0 Å². The second-order valence-electron chi connectivity index (χ2n) is 9.65. The van der Waals surface area contributed by atoms with Gasteiger partial charge < -0.3 is 20.1 Å². The summed E-state index contributed by atoms with van der Waals surface area (Å²) >= 11 is 0. The number of fused-ring (bicyclic) bond motifs is 2. The zero-order valence-corrected chi connectivity index (χ0v) is 19.4. The van der Waals surface area contributed by atoms with Crippen molar-refractivity contribution in [2.24, 2.45) is 0 Å². The van der Waals surface area contributed by atoms with Crippen LogP contribution in [-0.4, -0.2) is 57.5 Å². The van der Waals surface area contributed by atoms with Crippen molar-refractivity contribution in [3.8, 4) is 34.0 Å². The number of rotatable bonds is 6. The second kappa shape index (κ2) is 8.71. The smallest absolute Gasteiger partial charge is 0.216 e. The zero-order valence-electron chi connectivity index (χ0n) is 19.4. The Labute approximate surface area is 202 Å². The van der Waals surface area contributed by atoms with Gasteiger partial charge in [0.1, 0.15) is 17.7 Å². The maximum Gasteiger partial charge on any atom is 0.216 e. The molecule has 3 aliphatic rings. The molecule has 35 heavy (non-hydrogen) atoms. The highest BCUT2D eigenvalue weighted by Gasteiger charge is 2.48. The van der Waals surface area contributed by atoms with Gasteiger partial charge in [0, 0.05) is 35.8 Å². The molecular weight excluding hydrogens is 452 g/mol. The number of nitrogens with zero attached hydrogens (tertiary/aromatic N) is 4. The fourth-order valence-corrected chi connectivity index (χ4v) is 5.49. The molecule has 2 aliphatic heterocycles. The van der Waals surface area contributed by atoms with Crippen LogP contribution in [0.25, 0.3) is 22.4 Å². The van der Waals surface area contributed by atoms with Crippen LogP contribution in [0, 0.1) is 5.95 Å². The van der Waals surface area contributed by atoms with E-state index in [0.29, 0.717) is 40.3 Å². The molecule has 4 heterocycles.